The predicted molar refractivity (Wildman–Crippen MR) is 62.6 cm³/mol. The van der Waals surface area contributed by atoms with Crippen LogP contribution in [0.25, 0.3) is 0 Å². The van der Waals surface area contributed by atoms with Crippen LogP contribution in [0.4, 0.5) is 0 Å². The maximum absolute atomic E-state index is 12.1. The number of carbonyl (C=O) groups excluding carboxylic acids is 1. The lowest BCUT2D eigenvalue weighted by Crippen LogP contribution is -2.48. The topological polar surface area (TPSA) is 66.8 Å². The summed E-state index contributed by atoms with van der Waals surface area (Å²) in [6.45, 7) is 6.94. The number of ether oxygens (including phenoxy) is 1. The van der Waals surface area contributed by atoms with E-state index in [4.69, 9.17) is 9.84 Å². The number of amides is 1. The fourth-order valence-electron chi connectivity index (χ4n) is 1.88. The molecule has 0 saturated carbocycles. The fraction of sp³-hybridized carbons (Fsp3) is 0.833. The minimum absolute atomic E-state index is 0.0818. The molecule has 1 aliphatic rings. The average Bonchev–Trinajstić information content (AvgIpc) is 2.36. The van der Waals surface area contributed by atoms with Crippen molar-refractivity contribution < 1.29 is 19.4 Å². The lowest BCUT2D eigenvalue weighted by molar-refractivity contribution is -0.152. The molecule has 17 heavy (non-hydrogen) atoms. The minimum atomic E-state index is -0.925. The van der Waals surface area contributed by atoms with Gasteiger partial charge in [-0.1, -0.05) is 20.8 Å². The van der Waals surface area contributed by atoms with E-state index >= 15 is 0 Å². The molecule has 0 aliphatic carbocycles. The number of carbonyl (C=O) groups is 2. The number of carboxylic acids is 1. The molecule has 1 amide bonds. The molecule has 0 spiro atoms. The van der Waals surface area contributed by atoms with Crippen LogP contribution in [0.2, 0.25) is 0 Å². The summed E-state index contributed by atoms with van der Waals surface area (Å²) in [5.41, 5.74) is 0. The number of aliphatic carboxylic acids is 1. The Kier molecular flexibility index (Phi) is 4.93. The van der Waals surface area contributed by atoms with E-state index < -0.39 is 17.8 Å². The molecule has 1 heterocycles. The van der Waals surface area contributed by atoms with Gasteiger partial charge in [0.25, 0.3) is 0 Å². The normalized spacial score (nSPS) is 24.2. The van der Waals surface area contributed by atoms with Gasteiger partial charge in [-0.05, 0) is 6.42 Å². The van der Waals surface area contributed by atoms with E-state index in [2.05, 4.69) is 0 Å². The van der Waals surface area contributed by atoms with Crippen molar-refractivity contribution >= 4 is 11.9 Å². The number of hydrogen-bond acceptors (Lipinski definition) is 3. The van der Waals surface area contributed by atoms with Gasteiger partial charge in [-0.15, -0.1) is 0 Å². The first kappa shape index (κ1) is 14.0. The third-order valence-corrected chi connectivity index (χ3v) is 3.43. The largest absolute Gasteiger partial charge is 0.481 e. The highest BCUT2D eigenvalue weighted by Gasteiger charge is 2.31. The molecule has 1 fully saturated rings. The Hall–Kier alpha value is -1.10. The van der Waals surface area contributed by atoms with Gasteiger partial charge in [-0.2, -0.15) is 0 Å². The molecule has 3 atom stereocenters. The van der Waals surface area contributed by atoms with Gasteiger partial charge in [0, 0.05) is 19.0 Å². The van der Waals surface area contributed by atoms with E-state index in [0.29, 0.717) is 19.7 Å². The van der Waals surface area contributed by atoms with Crippen LogP contribution in [0.15, 0.2) is 0 Å². The summed E-state index contributed by atoms with van der Waals surface area (Å²) in [6.07, 6.45) is 0.951. The highest BCUT2D eigenvalue weighted by atomic mass is 16.5. The van der Waals surface area contributed by atoms with Gasteiger partial charge in [0.05, 0.1) is 18.6 Å². The van der Waals surface area contributed by atoms with Crippen molar-refractivity contribution in [3.8, 4) is 0 Å². The Labute approximate surface area is 102 Å². The lowest BCUT2D eigenvalue weighted by Gasteiger charge is -2.34. The van der Waals surface area contributed by atoms with Gasteiger partial charge in [0.2, 0.25) is 5.91 Å². The van der Waals surface area contributed by atoms with Crippen LogP contribution >= 0.6 is 0 Å². The average molecular weight is 243 g/mol. The molecule has 1 saturated heterocycles. The second kappa shape index (κ2) is 6.00. The zero-order valence-electron chi connectivity index (χ0n) is 10.7. The number of morpholine rings is 1. The van der Waals surface area contributed by atoms with E-state index in [1.165, 1.54) is 0 Å². The monoisotopic (exact) mass is 243 g/mol. The van der Waals surface area contributed by atoms with E-state index in [9.17, 15) is 9.59 Å². The van der Waals surface area contributed by atoms with Crippen LogP contribution in [-0.4, -0.2) is 47.7 Å². The van der Waals surface area contributed by atoms with Gasteiger partial charge >= 0.3 is 5.97 Å². The molecule has 98 valence electrons. The summed E-state index contributed by atoms with van der Waals surface area (Å²) < 4.78 is 5.48. The summed E-state index contributed by atoms with van der Waals surface area (Å²) in [6, 6.07) is 0. The molecule has 5 nitrogen and oxygen atoms in total. The molecule has 0 aromatic carbocycles. The van der Waals surface area contributed by atoms with Crippen molar-refractivity contribution in [2.45, 2.75) is 33.3 Å². The Bertz CT molecular complexity index is 292. The second-order valence-electron chi connectivity index (χ2n) is 4.60. The van der Waals surface area contributed by atoms with Gasteiger partial charge in [0.15, 0.2) is 0 Å². The summed E-state index contributed by atoms with van der Waals surface area (Å²) >= 11 is 0. The summed E-state index contributed by atoms with van der Waals surface area (Å²) in [7, 11) is 0. The molecular weight excluding hydrogens is 222 g/mol. The predicted octanol–water partition coefficient (Wildman–Crippen LogP) is 0.981. The number of nitrogens with zero attached hydrogens (tertiary/aromatic N) is 1. The van der Waals surface area contributed by atoms with E-state index in [1.54, 1.807) is 18.7 Å². The molecule has 0 bridgehead atoms. The molecule has 0 aromatic rings. The zero-order chi connectivity index (χ0) is 13.0. The summed E-state index contributed by atoms with van der Waals surface area (Å²) in [5, 5.41) is 8.90. The highest BCUT2D eigenvalue weighted by molar-refractivity contribution is 5.84. The SMILES string of the molecule is CCC1CN(C(=O)C(C)C(C)C(=O)O)CCO1. The first-order valence-electron chi connectivity index (χ1n) is 6.10. The van der Waals surface area contributed by atoms with E-state index in [-0.39, 0.29) is 12.0 Å². The Balaban J connectivity index is 2.59. The van der Waals surface area contributed by atoms with Gasteiger partial charge in [-0.3, -0.25) is 9.59 Å². The molecule has 3 unspecified atom stereocenters. The molecule has 1 aliphatic heterocycles. The summed E-state index contributed by atoms with van der Waals surface area (Å²) in [5.74, 6) is -2.14. The van der Waals surface area contributed by atoms with Gasteiger partial charge in [-0.25, -0.2) is 0 Å². The second-order valence-corrected chi connectivity index (χ2v) is 4.60. The molecule has 1 N–H and O–H groups in total. The van der Waals surface area contributed by atoms with Crippen molar-refractivity contribution in [2.75, 3.05) is 19.7 Å². The smallest absolute Gasteiger partial charge is 0.307 e. The van der Waals surface area contributed by atoms with Crippen molar-refractivity contribution in [3.63, 3.8) is 0 Å². The standard InChI is InChI=1S/C12H21NO4/c1-4-10-7-13(5-6-17-10)11(14)8(2)9(3)12(15)16/h8-10H,4-7H2,1-3H3,(H,15,16). The van der Waals surface area contributed by atoms with Crippen LogP contribution in [0.1, 0.15) is 27.2 Å². The van der Waals surface area contributed by atoms with Gasteiger partial charge in [0.1, 0.15) is 0 Å². The highest BCUT2D eigenvalue weighted by Crippen LogP contribution is 2.17. The van der Waals surface area contributed by atoms with Crippen LogP contribution in [-0.2, 0) is 14.3 Å². The molecule has 0 radical (unpaired) electrons. The molecule has 5 heteroatoms. The fourth-order valence-corrected chi connectivity index (χ4v) is 1.88. The lowest BCUT2D eigenvalue weighted by atomic mass is 9.94. The van der Waals surface area contributed by atoms with Crippen molar-refractivity contribution in [1.82, 2.24) is 4.90 Å². The molecular formula is C12H21NO4. The van der Waals surface area contributed by atoms with Crippen molar-refractivity contribution in [2.24, 2.45) is 11.8 Å². The van der Waals surface area contributed by atoms with E-state index in [1.807, 2.05) is 6.92 Å². The number of hydrogen-bond donors (Lipinski definition) is 1. The Morgan fingerprint density at radius 1 is 1.41 bits per heavy atom. The van der Waals surface area contributed by atoms with E-state index in [0.717, 1.165) is 6.42 Å². The quantitative estimate of drug-likeness (QED) is 0.799. The molecule has 0 aromatic heterocycles. The van der Waals surface area contributed by atoms with Gasteiger partial charge < -0.3 is 14.7 Å². The maximum Gasteiger partial charge on any atom is 0.307 e. The number of rotatable bonds is 4. The third kappa shape index (κ3) is 3.43. The van der Waals surface area contributed by atoms with Crippen LogP contribution < -0.4 is 0 Å². The molecule has 1 rings (SSSR count). The third-order valence-electron chi connectivity index (χ3n) is 3.43. The summed E-state index contributed by atoms with van der Waals surface area (Å²) in [4.78, 5) is 24.7. The maximum atomic E-state index is 12.1. The van der Waals surface area contributed by atoms with Crippen molar-refractivity contribution in [3.05, 3.63) is 0 Å². The first-order chi connectivity index (χ1) is 7.97. The Morgan fingerprint density at radius 2 is 2.06 bits per heavy atom. The van der Waals surface area contributed by atoms with Crippen LogP contribution in [0, 0.1) is 11.8 Å². The van der Waals surface area contributed by atoms with Crippen LogP contribution in [0.3, 0.4) is 0 Å². The zero-order valence-corrected chi connectivity index (χ0v) is 10.7. The van der Waals surface area contributed by atoms with Crippen molar-refractivity contribution in [1.29, 1.82) is 0 Å². The first-order valence-corrected chi connectivity index (χ1v) is 6.10. The Morgan fingerprint density at radius 3 is 2.59 bits per heavy atom. The number of carboxylic acid groups (broad SMARTS) is 1. The van der Waals surface area contributed by atoms with Crippen LogP contribution in [0.5, 0.6) is 0 Å². The minimum Gasteiger partial charge on any atom is -0.481 e.